The fourth-order valence-electron chi connectivity index (χ4n) is 3.14. The van der Waals surface area contributed by atoms with Crippen LogP contribution in [0.15, 0.2) is 69.3 Å². The summed E-state index contributed by atoms with van der Waals surface area (Å²) in [6, 6.07) is 15.7. The summed E-state index contributed by atoms with van der Waals surface area (Å²) in [5.41, 5.74) is 4.12. The Balaban J connectivity index is 1.70. The summed E-state index contributed by atoms with van der Waals surface area (Å²) in [6.45, 7) is 0.455. The maximum atomic E-state index is 13.0. The van der Waals surface area contributed by atoms with Crippen molar-refractivity contribution < 1.29 is 4.39 Å². The second-order valence-electron chi connectivity index (χ2n) is 6.73. The Morgan fingerprint density at radius 3 is 2.60 bits per heavy atom. The van der Waals surface area contributed by atoms with E-state index in [0.717, 1.165) is 5.56 Å². The molecule has 0 aliphatic heterocycles. The van der Waals surface area contributed by atoms with Gasteiger partial charge in [0.15, 0.2) is 11.2 Å². The summed E-state index contributed by atoms with van der Waals surface area (Å²) in [5.74, 6) is -0.00560. The van der Waals surface area contributed by atoms with Crippen LogP contribution >= 0.6 is 0 Å². The molecular formula is C21H19FN6O2. The molecule has 0 radical (unpaired) electrons. The van der Waals surface area contributed by atoms with Crippen LogP contribution in [0.5, 0.6) is 0 Å². The maximum Gasteiger partial charge on any atom is 0.329 e. The third-order valence-corrected chi connectivity index (χ3v) is 4.72. The number of imidazole rings is 1. The van der Waals surface area contributed by atoms with Crippen molar-refractivity contribution in [3.8, 4) is 0 Å². The average molecular weight is 406 g/mol. The monoisotopic (exact) mass is 406 g/mol. The Labute approximate surface area is 170 Å². The summed E-state index contributed by atoms with van der Waals surface area (Å²) >= 11 is 0. The number of anilines is 1. The van der Waals surface area contributed by atoms with E-state index in [-0.39, 0.29) is 17.0 Å². The first-order valence-electron chi connectivity index (χ1n) is 9.31. The highest BCUT2D eigenvalue weighted by atomic mass is 19.1. The SMILES string of the molecule is Cn1c(=O)[nH]c(=O)c2c1nc(N/N=C/c1ccc(F)cc1)n2CCc1ccccc1. The Hall–Kier alpha value is -4.01. The lowest BCUT2D eigenvalue weighted by Gasteiger charge is -2.08. The fourth-order valence-corrected chi connectivity index (χ4v) is 3.14. The molecule has 2 aromatic carbocycles. The quantitative estimate of drug-likeness (QED) is 0.379. The van der Waals surface area contributed by atoms with E-state index in [0.29, 0.717) is 24.5 Å². The topological polar surface area (TPSA) is 97.1 Å². The molecular weight excluding hydrogens is 387 g/mol. The predicted molar refractivity (Wildman–Crippen MR) is 113 cm³/mol. The van der Waals surface area contributed by atoms with Crippen molar-refractivity contribution in [1.82, 2.24) is 19.1 Å². The van der Waals surface area contributed by atoms with Gasteiger partial charge in [0.25, 0.3) is 5.56 Å². The third-order valence-electron chi connectivity index (χ3n) is 4.72. The number of halogens is 1. The minimum absolute atomic E-state index is 0.260. The first-order chi connectivity index (χ1) is 14.5. The van der Waals surface area contributed by atoms with Crippen molar-refractivity contribution in [2.45, 2.75) is 13.0 Å². The highest BCUT2D eigenvalue weighted by molar-refractivity contribution is 5.80. The van der Waals surface area contributed by atoms with E-state index in [2.05, 4.69) is 20.5 Å². The average Bonchev–Trinajstić information content (AvgIpc) is 3.12. The highest BCUT2D eigenvalue weighted by Crippen LogP contribution is 2.16. The van der Waals surface area contributed by atoms with Crippen LogP contribution in [0.25, 0.3) is 11.2 Å². The van der Waals surface area contributed by atoms with Crippen molar-refractivity contribution in [3.05, 3.63) is 92.4 Å². The Morgan fingerprint density at radius 2 is 1.87 bits per heavy atom. The molecule has 2 aromatic heterocycles. The molecule has 0 atom stereocenters. The second-order valence-corrected chi connectivity index (χ2v) is 6.73. The number of nitrogens with zero attached hydrogens (tertiary/aromatic N) is 4. The van der Waals surface area contributed by atoms with E-state index in [1.165, 1.54) is 22.9 Å². The molecule has 8 nitrogen and oxygen atoms in total. The number of nitrogens with one attached hydrogen (secondary N) is 2. The zero-order chi connectivity index (χ0) is 21.1. The van der Waals surface area contributed by atoms with Crippen molar-refractivity contribution >= 4 is 23.3 Å². The summed E-state index contributed by atoms with van der Waals surface area (Å²) < 4.78 is 16.0. The van der Waals surface area contributed by atoms with Gasteiger partial charge in [-0.1, -0.05) is 42.5 Å². The largest absolute Gasteiger partial charge is 0.329 e. The molecule has 0 unspecified atom stereocenters. The molecule has 4 aromatic rings. The molecule has 2 N–H and O–H groups in total. The minimum atomic E-state index is -0.540. The number of benzene rings is 2. The van der Waals surface area contributed by atoms with Crippen molar-refractivity contribution in [3.63, 3.8) is 0 Å². The Kier molecular flexibility index (Phi) is 5.25. The van der Waals surface area contributed by atoms with Crippen LogP contribution in [0, 0.1) is 5.82 Å². The number of rotatable bonds is 6. The van der Waals surface area contributed by atoms with Gasteiger partial charge < -0.3 is 4.57 Å². The molecule has 0 aliphatic carbocycles. The smallest absolute Gasteiger partial charge is 0.303 e. The van der Waals surface area contributed by atoms with E-state index >= 15 is 0 Å². The van der Waals surface area contributed by atoms with E-state index in [1.807, 2.05) is 30.3 Å². The first kappa shape index (κ1) is 19.3. The van der Waals surface area contributed by atoms with Gasteiger partial charge in [0.1, 0.15) is 5.82 Å². The number of fused-ring (bicyclic) bond motifs is 1. The van der Waals surface area contributed by atoms with Crippen molar-refractivity contribution in [1.29, 1.82) is 0 Å². The number of H-pyrrole nitrogens is 1. The lowest BCUT2D eigenvalue weighted by molar-refractivity contribution is 0.628. The van der Waals surface area contributed by atoms with E-state index in [9.17, 15) is 14.0 Å². The number of hydrogen-bond acceptors (Lipinski definition) is 5. The molecule has 0 fully saturated rings. The molecule has 0 amide bonds. The number of hydrazone groups is 1. The van der Waals surface area contributed by atoms with Gasteiger partial charge in [-0.15, -0.1) is 0 Å². The molecule has 0 aliphatic rings. The van der Waals surface area contributed by atoms with Crippen molar-refractivity contribution in [2.75, 3.05) is 5.43 Å². The molecule has 4 rings (SSSR count). The van der Waals surface area contributed by atoms with Gasteiger partial charge in [-0.25, -0.2) is 14.6 Å². The summed E-state index contributed by atoms with van der Waals surface area (Å²) in [6.07, 6.45) is 2.18. The zero-order valence-corrected chi connectivity index (χ0v) is 16.2. The van der Waals surface area contributed by atoms with Crippen LogP contribution < -0.4 is 16.7 Å². The van der Waals surface area contributed by atoms with Crippen molar-refractivity contribution in [2.24, 2.45) is 12.1 Å². The lowest BCUT2D eigenvalue weighted by Crippen LogP contribution is -2.29. The third kappa shape index (κ3) is 3.90. The van der Waals surface area contributed by atoms with Gasteiger partial charge >= 0.3 is 5.69 Å². The standard InChI is InChI=1S/C21H19FN6O2/c1-27-18-17(19(29)25-21(27)30)28(12-11-14-5-3-2-4-6-14)20(24-18)26-23-13-15-7-9-16(22)10-8-15/h2-10,13H,11-12H2,1H3,(H,24,26)(H,25,29,30)/b23-13+. The lowest BCUT2D eigenvalue weighted by atomic mass is 10.1. The number of hydrogen-bond donors (Lipinski definition) is 2. The van der Waals surface area contributed by atoms with Gasteiger partial charge in [-0.2, -0.15) is 10.1 Å². The van der Waals surface area contributed by atoms with Crippen LogP contribution in [0.4, 0.5) is 10.3 Å². The maximum absolute atomic E-state index is 13.0. The summed E-state index contributed by atoms with van der Waals surface area (Å²) in [5, 5.41) is 4.15. The van der Waals surface area contributed by atoms with Crippen LogP contribution in [-0.2, 0) is 20.0 Å². The minimum Gasteiger partial charge on any atom is -0.303 e. The predicted octanol–water partition coefficient (Wildman–Crippen LogP) is 2.25. The van der Waals surface area contributed by atoms with Crippen LogP contribution in [0.3, 0.4) is 0 Å². The van der Waals surface area contributed by atoms with Crippen LogP contribution in [0.1, 0.15) is 11.1 Å². The fraction of sp³-hybridized carbons (Fsp3) is 0.143. The van der Waals surface area contributed by atoms with Gasteiger partial charge in [0.2, 0.25) is 5.95 Å². The molecule has 0 bridgehead atoms. The molecule has 152 valence electrons. The van der Waals surface area contributed by atoms with E-state index in [4.69, 9.17) is 0 Å². The Morgan fingerprint density at radius 1 is 1.13 bits per heavy atom. The molecule has 9 heteroatoms. The molecule has 0 spiro atoms. The normalized spacial score (nSPS) is 11.4. The van der Waals surface area contributed by atoms with Gasteiger partial charge in [-0.05, 0) is 29.7 Å². The summed E-state index contributed by atoms with van der Waals surface area (Å²) in [4.78, 5) is 31.2. The van der Waals surface area contributed by atoms with Gasteiger partial charge in [0, 0.05) is 13.6 Å². The van der Waals surface area contributed by atoms with Gasteiger partial charge in [0.05, 0.1) is 6.21 Å². The number of aromatic nitrogens is 4. The van der Waals surface area contributed by atoms with Crippen LogP contribution in [0.2, 0.25) is 0 Å². The molecule has 2 heterocycles. The van der Waals surface area contributed by atoms with Gasteiger partial charge in [-0.3, -0.25) is 14.3 Å². The second kappa shape index (κ2) is 8.16. The Bertz CT molecular complexity index is 1320. The summed E-state index contributed by atoms with van der Waals surface area (Å²) in [7, 11) is 1.54. The zero-order valence-electron chi connectivity index (χ0n) is 16.2. The highest BCUT2D eigenvalue weighted by Gasteiger charge is 2.17. The molecule has 0 saturated heterocycles. The van der Waals surface area contributed by atoms with E-state index < -0.39 is 11.2 Å². The van der Waals surface area contributed by atoms with E-state index in [1.54, 1.807) is 23.7 Å². The van der Waals surface area contributed by atoms with Crippen LogP contribution in [-0.4, -0.2) is 25.3 Å². The molecule has 30 heavy (non-hydrogen) atoms. The number of aromatic amines is 1. The first-order valence-corrected chi connectivity index (χ1v) is 9.31. The molecule has 0 saturated carbocycles. The number of aryl methyl sites for hydroxylation is 3.